The maximum absolute atomic E-state index is 11.8. The number of hydrogen-bond donors (Lipinski definition) is 1. The highest BCUT2D eigenvalue weighted by Crippen LogP contribution is 2.26. The molecule has 0 heterocycles. The van der Waals surface area contributed by atoms with Gasteiger partial charge in [-0.05, 0) is 29.8 Å². The quantitative estimate of drug-likeness (QED) is 0.755. The smallest absolute Gasteiger partial charge is 0.230 e. The molecular weight excluding hydrogens is 349 g/mol. The summed E-state index contributed by atoms with van der Waals surface area (Å²) < 4.78 is 0. The fraction of sp³-hybridized carbons (Fsp3) is 0.133. The second-order valence-electron chi connectivity index (χ2n) is 4.23. The maximum atomic E-state index is 11.8. The van der Waals surface area contributed by atoms with Gasteiger partial charge < -0.3 is 5.32 Å². The molecule has 0 bridgehead atoms. The van der Waals surface area contributed by atoms with E-state index in [0.29, 0.717) is 27.4 Å². The first kappa shape index (κ1) is 16.5. The average molecular weight is 361 g/mol. The molecule has 0 aromatic heterocycles. The minimum atomic E-state index is -0.0778. The lowest BCUT2D eigenvalue weighted by Crippen LogP contribution is -2.24. The Bertz CT molecular complexity index is 649. The molecule has 2 rings (SSSR count). The number of hydrogen-bond acceptors (Lipinski definition) is 2. The molecule has 0 aliphatic heterocycles. The predicted octanol–water partition coefficient (Wildman–Crippen LogP) is 5.06. The lowest BCUT2D eigenvalue weighted by Gasteiger charge is -2.08. The molecule has 1 N–H and O–H groups in total. The van der Waals surface area contributed by atoms with E-state index in [-0.39, 0.29) is 5.91 Å². The molecular formula is C15H12Cl3NOS. The minimum absolute atomic E-state index is 0.0778. The van der Waals surface area contributed by atoms with Crippen molar-refractivity contribution in [3.05, 3.63) is 63.1 Å². The molecule has 2 nitrogen and oxygen atoms in total. The van der Waals surface area contributed by atoms with Crippen molar-refractivity contribution in [2.75, 3.05) is 5.75 Å². The summed E-state index contributed by atoms with van der Waals surface area (Å²) >= 11 is 19.3. The van der Waals surface area contributed by atoms with Crippen molar-refractivity contribution in [2.24, 2.45) is 0 Å². The monoisotopic (exact) mass is 359 g/mol. The highest BCUT2D eigenvalue weighted by Gasteiger charge is 2.07. The Morgan fingerprint density at radius 2 is 1.81 bits per heavy atom. The van der Waals surface area contributed by atoms with E-state index in [9.17, 15) is 4.79 Å². The topological polar surface area (TPSA) is 29.1 Å². The van der Waals surface area contributed by atoms with Crippen LogP contribution in [0.2, 0.25) is 15.1 Å². The molecule has 21 heavy (non-hydrogen) atoms. The third-order valence-electron chi connectivity index (χ3n) is 2.69. The summed E-state index contributed by atoms with van der Waals surface area (Å²) in [6.45, 7) is 0.373. The second-order valence-corrected chi connectivity index (χ2v) is 6.50. The van der Waals surface area contributed by atoms with E-state index in [2.05, 4.69) is 5.32 Å². The molecule has 1 amide bonds. The zero-order valence-electron chi connectivity index (χ0n) is 10.9. The van der Waals surface area contributed by atoms with Crippen molar-refractivity contribution < 1.29 is 4.79 Å². The van der Waals surface area contributed by atoms with Crippen LogP contribution in [0.25, 0.3) is 0 Å². The average Bonchev–Trinajstić information content (AvgIpc) is 2.45. The van der Waals surface area contributed by atoms with Gasteiger partial charge in [-0.25, -0.2) is 0 Å². The number of nitrogens with one attached hydrogen (secondary N) is 1. The van der Waals surface area contributed by atoms with Gasteiger partial charge in [0.1, 0.15) is 0 Å². The highest BCUT2D eigenvalue weighted by atomic mass is 35.5. The molecule has 0 unspecified atom stereocenters. The summed E-state index contributed by atoms with van der Waals surface area (Å²) in [7, 11) is 0. The SMILES string of the molecule is O=C(CSc1ccccc1Cl)NCc1ccc(Cl)cc1Cl. The van der Waals surface area contributed by atoms with Crippen molar-refractivity contribution in [2.45, 2.75) is 11.4 Å². The van der Waals surface area contributed by atoms with E-state index in [4.69, 9.17) is 34.8 Å². The first-order valence-corrected chi connectivity index (χ1v) is 8.26. The van der Waals surface area contributed by atoms with E-state index in [1.54, 1.807) is 24.3 Å². The van der Waals surface area contributed by atoms with Crippen LogP contribution >= 0.6 is 46.6 Å². The number of benzene rings is 2. The number of rotatable bonds is 5. The van der Waals surface area contributed by atoms with E-state index in [0.717, 1.165) is 10.5 Å². The predicted molar refractivity (Wildman–Crippen MR) is 90.5 cm³/mol. The molecule has 0 saturated carbocycles. The van der Waals surface area contributed by atoms with E-state index < -0.39 is 0 Å². The maximum Gasteiger partial charge on any atom is 0.230 e. The molecule has 0 saturated heterocycles. The van der Waals surface area contributed by atoms with Crippen LogP contribution in [0, 0.1) is 0 Å². The van der Waals surface area contributed by atoms with E-state index >= 15 is 0 Å². The van der Waals surface area contributed by atoms with Crippen molar-refractivity contribution in [1.82, 2.24) is 5.32 Å². The number of carbonyl (C=O) groups excluding carboxylic acids is 1. The summed E-state index contributed by atoms with van der Waals surface area (Å²) in [5.41, 5.74) is 0.831. The molecule has 2 aromatic carbocycles. The number of carbonyl (C=O) groups is 1. The first-order valence-electron chi connectivity index (χ1n) is 6.14. The van der Waals surface area contributed by atoms with Crippen LogP contribution in [0.15, 0.2) is 47.4 Å². The Balaban J connectivity index is 1.84. The third kappa shape index (κ3) is 5.11. The summed E-state index contributed by atoms with van der Waals surface area (Å²) in [5, 5.41) is 4.58. The van der Waals surface area contributed by atoms with Gasteiger partial charge in [-0.15, -0.1) is 11.8 Å². The van der Waals surface area contributed by atoms with Crippen LogP contribution in [0.5, 0.6) is 0 Å². The van der Waals surface area contributed by atoms with Crippen LogP contribution in [0.3, 0.4) is 0 Å². The van der Waals surface area contributed by atoms with Gasteiger partial charge in [-0.2, -0.15) is 0 Å². The normalized spacial score (nSPS) is 10.4. The van der Waals surface area contributed by atoms with Crippen LogP contribution < -0.4 is 5.32 Å². The second kappa shape index (κ2) is 7.95. The van der Waals surface area contributed by atoms with Crippen LogP contribution in [0.4, 0.5) is 0 Å². The third-order valence-corrected chi connectivity index (χ3v) is 4.79. The zero-order chi connectivity index (χ0) is 15.2. The Hall–Kier alpha value is -0.870. The van der Waals surface area contributed by atoms with Crippen LogP contribution in [-0.2, 0) is 11.3 Å². The lowest BCUT2D eigenvalue weighted by atomic mass is 10.2. The molecule has 0 aliphatic rings. The number of halogens is 3. The van der Waals surface area contributed by atoms with Gasteiger partial charge in [0.15, 0.2) is 0 Å². The molecule has 0 aliphatic carbocycles. The van der Waals surface area contributed by atoms with Crippen LogP contribution in [0.1, 0.15) is 5.56 Å². The first-order chi connectivity index (χ1) is 10.1. The molecule has 0 fully saturated rings. The summed E-state index contributed by atoms with van der Waals surface area (Å²) in [5.74, 6) is 0.223. The van der Waals surface area contributed by atoms with E-state index in [1.807, 2.05) is 18.2 Å². The molecule has 0 spiro atoms. The molecule has 0 atom stereocenters. The lowest BCUT2D eigenvalue weighted by molar-refractivity contribution is -0.118. The molecule has 2 aromatic rings. The largest absolute Gasteiger partial charge is 0.351 e. The summed E-state index contributed by atoms with van der Waals surface area (Å²) in [6, 6.07) is 12.6. The zero-order valence-corrected chi connectivity index (χ0v) is 14.0. The van der Waals surface area contributed by atoms with Gasteiger partial charge in [0, 0.05) is 21.5 Å². The Labute approximate surface area is 142 Å². The van der Waals surface area contributed by atoms with Gasteiger partial charge >= 0.3 is 0 Å². The van der Waals surface area contributed by atoms with E-state index in [1.165, 1.54) is 11.8 Å². The summed E-state index contributed by atoms with van der Waals surface area (Å²) in [6.07, 6.45) is 0. The highest BCUT2D eigenvalue weighted by molar-refractivity contribution is 8.00. The van der Waals surface area contributed by atoms with Gasteiger partial charge in [-0.1, -0.05) is 53.0 Å². The van der Waals surface area contributed by atoms with Crippen LogP contribution in [-0.4, -0.2) is 11.7 Å². The molecule has 110 valence electrons. The Morgan fingerprint density at radius 1 is 1.05 bits per heavy atom. The number of thioether (sulfide) groups is 1. The summed E-state index contributed by atoms with van der Waals surface area (Å²) in [4.78, 5) is 12.7. The number of amides is 1. The fourth-order valence-electron chi connectivity index (χ4n) is 1.61. The van der Waals surface area contributed by atoms with Crippen molar-refractivity contribution >= 4 is 52.5 Å². The Morgan fingerprint density at radius 3 is 2.52 bits per heavy atom. The van der Waals surface area contributed by atoms with Gasteiger partial charge in [0.25, 0.3) is 0 Å². The minimum Gasteiger partial charge on any atom is -0.351 e. The van der Waals surface area contributed by atoms with Gasteiger partial charge in [0.05, 0.1) is 10.8 Å². The van der Waals surface area contributed by atoms with Crippen molar-refractivity contribution in [1.29, 1.82) is 0 Å². The Kier molecular flexibility index (Phi) is 6.24. The van der Waals surface area contributed by atoms with Gasteiger partial charge in [0.2, 0.25) is 5.91 Å². The molecule has 6 heteroatoms. The standard InChI is InChI=1S/C15H12Cl3NOS/c16-11-6-5-10(13(18)7-11)8-19-15(20)9-21-14-4-2-1-3-12(14)17/h1-7H,8-9H2,(H,19,20). The van der Waals surface area contributed by atoms with Crippen molar-refractivity contribution in [3.8, 4) is 0 Å². The fourth-order valence-corrected chi connectivity index (χ4v) is 3.16. The van der Waals surface area contributed by atoms with Gasteiger partial charge in [-0.3, -0.25) is 4.79 Å². The van der Waals surface area contributed by atoms with Crippen molar-refractivity contribution in [3.63, 3.8) is 0 Å². The molecule has 0 radical (unpaired) electrons.